The van der Waals surface area contributed by atoms with Crippen molar-refractivity contribution >= 4 is 15.9 Å². The highest BCUT2D eigenvalue weighted by atomic mass is 79.9. The van der Waals surface area contributed by atoms with Crippen molar-refractivity contribution in [2.75, 3.05) is 19.7 Å². The average molecular weight is 270 g/mol. The van der Waals surface area contributed by atoms with Crippen LogP contribution in [-0.4, -0.2) is 29.7 Å². The van der Waals surface area contributed by atoms with Gasteiger partial charge < -0.3 is 5.11 Å². The van der Waals surface area contributed by atoms with Crippen LogP contribution in [0.15, 0.2) is 22.7 Å². The van der Waals surface area contributed by atoms with Crippen LogP contribution in [0, 0.1) is 12.8 Å². The maximum Gasteiger partial charge on any atom is 0.0483 e. The first-order valence-electron chi connectivity index (χ1n) is 5.28. The minimum atomic E-state index is 0.327. The van der Waals surface area contributed by atoms with Crippen LogP contribution >= 0.6 is 15.9 Å². The molecule has 0 atom stereocenters. The van der Waals surface area contributed by atoms with E-state index in [1.54, 1.807) is 0 Å². The maximum absolute atomic E-state index is 8.93. The van der Waals surface area contributed by atoms with Crippen LogP contribution in [0.2, 0.25) is 0 Å². The first kappa shape index (κ1) is 11.1. The van der Waals surface area contributed by atoms with Crippen molar-refractivity contribution in [2.24, 2.45) is 5.92 Å². The number of rotatable bonds is 3. The summed E-state index contributed by atoms with van der Waals surface area (Å²) in [5, 5.41) is 8.93. The van der Waals surface area contributed by atoms with Crippen molar-refractivity contribution < 1.29 is 5.11 Å². The number of halogens is 1. The monoisotopic (exact) mass is 269 g/mol. The molecule has 1 aliphatic rings. The second-order valence-corrected chi connectivity index (χ2v) is 5.12. The van der Waals surface area contributed by atoms with Gasteiger partial charge in [-0.25, -0.2) is 0 Å². The molecule has 0 amide bonds. The molecule has 1 saturated heterocycles. The molecule has 0 aromatic heterocycles. The van der Waals surface area contributed by atoms with Crippen molar-refractivity contribution in [3.05, 3.63) is 33.8 Å². The quantitative estimate of drug-likeness (QED) is 0.910. The Kier molecular flexibility index (Phi) is 3.44. The molecule has 1 N–H and O–H groups in total. The van der Waals surface area contributed by atoms with Gasteiger partial charge in [-0.05, 0) is 24.1 Å². The van der Waals surface area contributed by atoms with Crippen molar-refractivity contribution in [1.29, 1.82) is 0 Å². The molecule has 1 aromatic rings. The predicted molar refractivity (Wildman–Crippen MR) is 64.7 cm³/mol. The van der Waals surface area contributed by atoms with Crippen LogP contribution in [0.4, 0.5) is 0 Å². The highest BCUT2D eigenvalue weighted by Gasteiger charge is 2.25. The summed E-state index contributed by atoms with van der Waals surface area (Å²) >= 11 is 3.54. The summed E-state index contributed by atoms with van der Waals surface area (Å²) in [6, 6.07) is 6.33. The lowest BCUT2D eigenvalue weighted by Gasteiger charge is -2.38. The van der Waals surface area contributed by atoms with Gasteiger partial charge in [0.1, 0.15) is 0 Å². The van der Waals surface area contributed by atoms with Gasteiger partial charge in [-0.3, -0.25) is 4.90 Å². The Labute approximate surface area is 99.0 Å². The number of benzene rings is 1. The number of hydrogen-bond acceptors (Lipinski definition) is 2. The standard InChI is InChI=1S/C12H16BrNO/c1-9-11(3-2-4-12(9)13)7-14-5-10(6-14)8-15/h2-4,10,15H,5-8H2,1H3. The van der Waals surface area contributed by atoms with Gasteiger partial charge in [0, 0.05) is 36.6 Å². The second kappa shape index (κ2) is 4.64. The van der Waals surface area contributed by atoms with Crippen molar-refractivity contribution in [1.82, 2.24) is 4.90 Å². The van der Waals surface area contributed by atoms with Crippen molar-refractivity contribution in [3.63, 3.8) is 0 Å². The molecule has 0 saturated carbocycles. The maximum atomic E-state index is 8.93. The summed E-state index contributed by atoms with van der Waals surface area (Å²) < 4.78 is 1.18. The summed E-state index contributed by atoms with van der Waals surface area (Å²) in [5.41, 5.74) is 2.70. The van der Waals surface area contributed by atoms with Gasteiger partial charge >= 0.3 is 0 Å². The summed E-state index contributed by atoms with van der Waals surface area (Å²) in [6.07, 6.45) is 0. The lowest BCUT2D eigenvalue weighted by atomic mass is 9.99. The Balaban J connectivity index is 1.97. The minimum absolute atomic E-state index is 0.327. The minimum Gasteiger partial charge on any atom is -0.396 e. The van der Waals surface area contributed by atoms with Crippen LogP contribution in [0.25, 0.3) is 0 Å². The molecular formula is C12H16BrNO. The molecule has 1 aliphatic heterocycles. The molecule has 2 nitrogen and oxygen atoms in total. The van der Waals surface area contributed by atoms with E-state index in [1.807, 2.05) is 0 Å². The fourth-order valence-corrected chi connectivity index (χ4v) is 2.39. The van der Waals surface area contributed by atoms with Gasteiger partial charge in [0.2, 0.25) is 0 Å². The molecule has 15 heavy (non-hydrogen) atoms. The Bertz CT molecular complexity index is 347. The van der Waals surface area contributed by atoms with E-state index in [9.17, 15) is 0 Å². The van der Waals surface area contributed by atoms with E-state index in [2.05, 4.69) is 46.0 Å². The van der Waals surface area contributed by atoms with Gasteiger partial charge in [0.25, 0.3) is 0 Å². The van der Waals surface area contributed by atoms with Crippen LogP contribution in [-0.2, 0) is 6.54 Å². The molecule has 2 rings (SSSR count). The third-order valence-electron chi connectivity index (χ3n) is 3.06. The van der Waals surface area contributed by atoms with Crippen molar-refractivity contribution in [3.8, 4) is 0 Å². The second-order valence-electron chi connectivity index (χ2n) is 4.27. The zero-order valence-electron chi connectivity index (χ0n) is 8.91. The predicted octanol–water partition coefficient (Wildman–Crippen LogP) is 2.18. The summed E-state index contributed by atoms with van der Waals surface area (Å²) in [4.78, 5) is 2.37. The Morgan fingerprint density at radius 3 is 2.87 bits per heavy atom. The smallest absolute Gasteiger partial charge is 0.0483 e. The van der Waals surface area contributed by atoms with E-state index in [4.69, 9.17) is 5.11 Å². The number of hydrogen-bond donors (Lipinski definition) is 1. The molecule has 3 heteroatoms. The normalized spacial score (nSPS) is 17.8. The van der Waals surface area contributed by atoms with E-state index in [-0.39, 0.29) is 0 Å². The molecule has 82 valence electrons. The highest BCUT2D eigenvalue weighted by molar-refractivity contribution is 9.10. The van der Waals surface area contributed by atoms with E-state index >= 15 is 0 Å². The molecule has 0 aliphatic carbocycles. The van der Waals surface area contributed by atoms with Crippen LogP contribution in [0.1, 0.15) is 11.1 Å². The van der Waals surface area contributed by atoms with Crippen LogP contribution < -0.4 is 0 Å². The molecule has 1 heterocycles. The number of aliphatic hydroxyl groups is 1. The zero-order valence-corrected chi connectivity index (χ0v) is 10.5. The molecule has 0 spiro atoms. The van der Waals surface area contributed by atoms with Gasteiger partial charge in [0.15, 0.2) is 0 Å². The summed E-state index contributed by atoms with van der Waals surface area (Å²) in [5.74, 6) is 0.498. The van der Waals surface area contributed by atoms with Crippen LogP contribution in [0.5, 0.6) is 0 Å². The third kappa shape index (κ3) is 2.41. The number of nitrogens with zero attached hydrogens (tertiary/aromatic N) is 1. The molecule has 0 radical (unpaired) electrons. The molecular weight excluding hydrogens is 254 g/mol. The van der Waals surface area contributed by atoms with Gasteiger partial charge in [-0.2, -0.15) is 0 Å². The fourth-order valence-electron chi connectivity index (χ4n) is 1.99. The third-order valence-corrected chi connectivity index (χ3v) is 3.92. The van der Waals surface area contributed by atoms with Crippen LogP contribution in [0.3, 0.4) is 0 Å². The lowest BCUT2D eigenvalue weighted by molar-refractivity contribution is 0.0478. The molecule has 1 fully saturated rings. The molecule has 0 bridgehead atoms. The van der Waals surface area contributed by atoms with E-state index in [0.29, 0.717) is 12.5 Å². The Morgan fingerprint density at radius 2 is 2.20 bits per heavy atom. The summed E-state index contributed by atoms with van der Waals surface area (Å²) in [7, 11) is 0. The van der Waals surface area contributed by atoms with Crippen molar-refractivity contribution in [2.45, 2.75) is 13.5 Å². The number of likely N-dealkylation sites (tertiary alicyclic amines) is 1. The first-order chi connectivity index (χ1) is 7.20. The SMILES string of the molecule is Cc1c(Br)cccc1CN1CC(CO)C1. The largest absolute Gasteiger partial charge is 0.396 e. The Morgan fingerprint density at radius 1 is 1.47 bits per heavy atom. The van der Waals surface area contributed by atoms with Gasteiger partial charge in [-0.1, -0.05) is 28.1 Å². The van der Waals surface area contributed by atoms with Gasteiger partial charge in [0.05, 0.1) is 0 Å². The average Bonchev–Trinajstić information content (AvgIpc) is 2.17. The Hall–Kier alpha value is -0.380. The van der Waals surface area contributed by atoms with Gasteiger partial charge in [-0.15, -0.1) is 0 Å². The topological polar surface area (TPSA) is 23.5 Å². The zero-order chi connectivity index (χ0) is 10.8. The molecule has 0 unspecified atom stereocenters. The van der Waals surface area contributed by atoms with E-state index in [0.717, 1.165) is 19.6 Å². The number of aliphatic hydroxyl groups excluding tert-OH is 1. The molecule has 1 aromatic carbocycles. The van der Waals surface area contributed by atoms with E-state index in [1.165, 1.54) is 15.6 Å². The summed E-state index contributed by atoms with van der Waals surface area (Å²) in [6.45, 7) is 5.53. The highest BCUT2D eigenvalue weighted by Crippen LogP contribution is 2.23. The fraction of sp³-hybridized carbons (Fsp3) is 0.500. The lowest BCUT2D eigenvalue weighted by Crippen LogP contribution is -2.47. The van der Waals surface area contributed by atoms with E-state index < -0.39 is 0 Å². The first-order valence-corrected chi connectivity index (χ1v) is 6.07.